The number of aromatic nitrogens is 2. The summed E-state index contributed by atoms with van der Waals surface area (Å²) in [6, 6.07) is 5.59. The second kappa shape index (κ2) is 3.82. The molecule has 4 nitrogen and oxygen atoms in total. The third-order valence-electron chi connectivity index (χ3n) is 2.17. The number of rotatable bonds is 2. The Morgan fingerprint density at radius 2 is 2.27 bits per heavy atom. The molecule has 0 atom stereocenters. The van der Waals surface area contributed by atoms with E-state index in [0.29, 0.717) is 17.4 Å². The molecule has 0 spiro atoms. The minimum Gasteiger partial charge on any atom is -0.405 e. The Bertz CT molecular complexity index is 515. The number of fused-ring (bicyclic) bond motifs is 1. The lowest BCUT2D eigenvalue weighted by atomic mass is 10.2. The van der Waals surface area contributed by atoms with Gasteiger partial charge in [-0.1, -0.05) is 17.7 Å². The van der Waals surface area contributed by atoms with Gasteiger partial charge in [-0.3, -0.25) is 4.68 Å². The van der Waals surface area contributed by atoms with Crippen molar-refractivity contribution < 1.29 is 0 Å². The summed E-state index contributed by atoms with van der Waals surface area (Å²) >= 11 is 6.03. The van der Waals surface area contributed by atoms with Crippen molar-refractivity contribution in [1.82, 2.24) is 9.78 Å². The van der Waals surface area contributed by atoms with E-state index in [1.165, 1.54) is 6.20 Å². The molecule has 4 N–H and O–H groups in total. The van der Waals surface area contributed by atoms with Gasteiger partial charge in [0, 0.05) is 0 Å². The maximum Gasteiger partial charge on any atom is 0.154 e. The number of hydrogen-bond acceptors (Lipinski definition) is 3. The van der Waals surface area contributed by atoms with Crippen molar-refractivity contribution in [2.75, 3.05) is 5.73 Å². The minimum atomic E-state index is 0.445. The lowest BCUT2D eigenvalue weighted by molar-refractivity contribution is 0.731. The number of hydrogen-bond donors (Lipinski definition) is 2. The molecule has 0 saturated heterocycles. The van der Waals surface area contributed by atoms with Crippen LogP contribution in [0.2, 0.25) is 5.02 Å². The summed E-state index contributed by atoms with van der Waals surface area (Å²) < 4.78 is 1.76. The van der Waals surface area contributed by atoms with Crippen LogP contribution in [0, 0.1) is 0 Å². The standard InChI is InChI=1S/C10H11ClN4/c11-7-3-1-4-8-9(7)10(13)14-15(8)6-2-5-12/h1-5H,6,12H2,(H2,13,14). The van der Waals surface area contributed by atoms with Crippen LogP contribution in [-0.4, -0.2) is 9.78 Å². The van der Waals surface area contributed by atoms with Crippen LogP contribution in [0.1, 0.15) is 0 Å². The van der Waals surface area contributed by atoms with Gasteiger partial charge in [0.05, 0.1) is 22.5 Å². The predicted molar refractivity (Wildman–Crippen MR) is 62.5 cm³/mol. The maximum atomic E-state index is 6.03. The van der Waals surface area contributed by atoms with Crippen LogP contribution in [0.25, 0.3) is 10.9 Å². The van der Waals surface area contributed by atoms with Crippen molar-refractivity contribution in [3.05, 3.63) is 35.5 Å². The fourth-order valence-corrected chi connectivity index (χ4v) is 1.78. The fourth-order valence-electron chi connectivity index (χ4n) is 1.52. The second-order valence-electron chi connectivity index (χ2n) is 3.13. The largest absolute Gasteiger partial charge is 0.405 e. The monoisotopic (exact) mass is 222 g/mol. The highest BCUT2D eigenvalue weighted by molar-refractivity contribution is 6.36. The SMILES string of the molecule is NC=CCn1nc(N)c2c(Cl)cccc21. The number of halogens is 1. The van der Waals surface area contributed by atoms with E-state index in [1.54, 1.807) is 16.8 Å². The molecule has 0 amide bonds. The highest BCUT2D eigenvalue weighted by atomic mass is 35.5. The summed E-state index contributed by atoms with van der Waals surface area (Å²) in [4.78, 5) is 0. The molecule has 2 rings (SSSR count). The Kier molecular flexibility index (Phi) is 2.51. The average molecular weight is 223 g/mol. The molecule has 0 saturated carbocycles. The molecule has 2 aromatic rings. The van der Waals surface area contributed by atoms with Gasteiger partial charge < -0.3 is 11.5 Å². The first-order chi connectivity index (χ1) is 7.24. The predicted octanol–water partition coefficient (Wildman–Crippen LogP) is 1.74. The number of allylic oxidation sites excluding steroid dienone is 1. The van der Waals surface area contributed by atoms with Crippen molar-refractivity contribution in [2.45, 2.75) is 6.54 Å². The van der Waals surface area contributed by atoms with Crippen molar-refractivity contribution in [2.24, 2.45) is 5.73 Å². The Morgan fingerprint density at radius 3 is 3.00 bits per heavy atom. The first-order valence-electron chi connectivity index (χ1n) is 4.51. The number of benzene rings is 1. The van der Waals surface area contributed by atoms with Crippen molar-refractivity contribution in [3.63, 3.8) is 0 Å². The number of nitrogens with zero attached hydrogens (tertiary/aromatic N) is 2. The summed E-state index contributed by atoms with van der Waals surface area (Å²) in [6.45, 7) is 0.588. The molecule has 0 bridgehead atoms. The topological polar surface area (TPSA) is 69.9 Å². The molecule has 0 aliphatic heterocycles. The van der Waals surface area contributed by atoms with Gasteiger partial charge in [-0.25, -0.2) is 0 Å². The second-order valence-corrected chi connectivity index (χ2v) is 3.54. The Morgan fingerprint density at radius 1 is 1.47 bits per heavy atom. The third-order valence-corrected chi connectivity index (χ3v) is 2.48. The van der Waals surface area contributed by atoms with E-state index in [1.807, 2.05) is 12.1 Å². The summed E-state index contributed by atoms with van der Waals surface area (Å²) in [5.41, 5.74) is 12.0. The van der Waals surface area contributed by atoms with E-state index in [4.69, 9.17) is 23.1 Å². The first-order valence-corrected chi connectivity index (χ1v) is 4.89. The highest BCUT2D eigenvalue weighted by Crippen LogP contribution is 2.28. The van der Waals surface area contributed by atoms with Gasteiger partial charge >= 0.3 is 0 Å². The maximum absolute atomic E-state index is 6.03. The molecule has 0 aliphatic rings. The van der Waals surface area contributed by atoms with Crippen LogP contribution in [0.15, 0.2) is 30.5 Å². The van der Waals surface area contributed by atoms with Gasteiger partial charge in [-0.15, -0.1) is 0 Å². The lowest BCUT2D eigenvalue weighted by Crippen LogP contribution is -1.98. The van der Waals surface area contributed by atoms with Crippen molar-refractivity contribution in [3.8, 4) is 0 Å². The summed E-state index contributed by atoms with van der Waals surface area (Å²) in [5.74, 6) is 0.445. The summed E-state index contributed by atoms with van der Waals surface area (Å²) in [7, 11) is 0. The molecule has 0 radical (unpaired) electrons. The molecule has 1 aromatic carbocycles. The number of nitrogens with two attached hydrogens (primary N) is 2. The van der Waals surface area contributed by atoms with E-state index in [0.717, 1.165) is 10.9 Å². The Balaban J connectivity index is 2.62. The van der Waals surface area contributed by atoms with E-state index in [-0.39, 0.29) is 0 Å². The lowest BCUT2D eigenvalue weighted by Gasteiger charge is -1.98. The van der Waals surface area contributed by atoms with Gasteiger partial charge in [0.25, 0.3) is 0 Å². The van der Waals surface area contributed by atoms with Crippen LogP contribution in [0.4, 0.5) is 5.82 Å². The van der Waals surface area contributed by atoms with Crippen LogP contribution in [-0.2, 0) is 6.54 Å². The van der Waals surface area contributed by atoms with Gasteiger partial charge in [0.2, 0.25) is 0 Å². The quantitative estimate of drug-likeness (QED) is 0.813. The minimum absolute atomic E-state index is 0.445. The molecular formula is C10H11ClN4. The van der Waals surface area contributed by atoms with Gasteiger partial charge in [0.1, 0.15) is 0 Å². The Labute approximate surface area is 92.1 Å². The van der Waals surface area contributed by atoms with Gasteiger partial charge in [-0.05, 0) is 24.4 Å². The molecule has 78 valence electrons. The Hall–Kier alpha value is -1.68. The van der Waals surface area contributed by atoms with E-state index in [9.17, 15) is 0 Å². The van der Waals surface area contributed by atoms with Crippen LogP contribution >= 0.6 is 11.6 Å². The van der Waals surface area contributed by atoms with Crippen molar-refractivity contribution in [1.29, 1.82) is 0 Å². The molecule has 0 unspecified atom stereocenters. The van der Waals surface area contributed by atoms with Crippen molar-refractivity contribution >= 4 is 28.3 Å². The molecule has 1 aromatic heterocycles. The molecule has 5 heteroatoms. The smallest absolute Gasteiger partial charge is 0.154 e. The third kappa shape index (κ3) is 1.64. The van der Waals surface area contributed by atoms with Crippen LogP contribution < -0.4 is 11.5 Å². The highest BCUT2D eigenvalue weighted by Gasteiger charge is 2.09. The van der Waals surface area contributed by atoms with E-state index < -0.39 is 0 Å². The zero-order valence-corrected chi connectivity index (χ0v) is 8.78. The van der Waals surface area contributed by atoms with Crippen LogP contribution in [0.5, 0.6) is 0 Å². The molecule has 15 heavy (non-hydrogen) atoms. The first kappa shape index (κ1) is 9.86. The average Bonchev–Trinajstić information content (AvgIpc) is 2.54. The summed E-state index contributed by atoms with van der Waals surface area (Å²) in [6.07, 6.45) is 3.28. The van der Waals surface area contributed by atoms with Gasteiger partial charge in [0.15, 0.2) is 5.82 Å². The fraction of sp³-hybridized carbons (Fsp3) is 0.100. The summed E-state index contributed by atoms with van der Waals surface area (Å²) in [5, 5.41) is 5.61. The molecule has 0 aliphatic carbocycles. The zero-order valence-electron chi connectivity index (χ0n) is 8.02. The molecule has 1 heterocycles. The zero-order chi connectivity index (χ0) is 10.8. The number of nitrogen functional groups attached to an aromatic ring is 1. The van der Waals surface area contributed by atoms with Gasteiger partial charge in [-0.2, -0.15) is 5.10 Å². The molecular weight excluding hydrogens is 212 g/mol. The molecule has 0 fully saturated rings. The van der Waals surface area contributed by atoms with E-state index >= 15 is 0 Å². The van der Waals surface area contributed by atoms with E-state index in [2.05, 4.69) is 5.10 Å². The van der Waals surface area contributed by atoms with Crippen LogP contribution in [0.3, 0.4) is 0 Å². The number of anilines is 1. The normalized spacial score (nSPS) is 11.5.